The zero-order valence-corrected chi connectivity index (χ0v) is 22.4. The normalized spacial score (nSPS) is 13.0. The minimum Gasteiger partial charge on any atom is -0.481 e. The molecule has 0 fully saturated rings. The van der Waals surface area contributed by atoms with Crippen LogP contribution in [0.2, 0.25) is 0 Å². The number of nitrogens with zero attached hydrogens (tertiary/aromatic N) is 3. The highest BCUT2D eigenvalue weighted by Gasteiger charge is 2.27. The number of aryl methyl sites for hydroxylation is 3. The summed E-state index contributed by atoms with van der Waals surface area (Å²) < 4.78 is 3.29. The summed E-state index contributed by atoms with van der Waals surface area (Å²) in [5, 5.41) is 12.7. The molecule has 8 heteroatoms. The summed E-state index contributed by atoms with van der Waals surface area (Å²) >= 11 is 0. The van der Waals surface area contributed by atoms with Gasteiger partial charge in [0, 0.05) is 36.4 Å². The molecule has 1 aromatic carbocycles. The van der Waals surface area contributed by atoms with Gasteiger partial charge in [0.15, 0.2) is 0 Å². The fourth-order valence-electron chi connectivity index (χ4n) is 5.00. The van der Waals surface area contributed by atoms with Gasteiger partial charge in [-0.25, -0.2) is 4.98 Å². The first kappa shape index (κ1) is 26.9. The first-order valence-corrected chi connectivity index (χ1v) is 12.8. The molecule has 8 nitrogen and oxygen atoms in total. The predicted octanol–water partition coefficient (Wildman–Crippen LogP) is 5.01. The van der Waals surface area contributed by atoms with Gasteiger partial charge in [0.2, 0.25) is 5.91 Å². The molecular weight excluding hydrogens is 480 g/mol. The number of nitrogens with one attached hydrogen (secondary N) is 1. The van der Waals surface area contributed by atoms with Crippen LogP contribution in [0.3, 0.4) is 0 Å². The number of hydrogen-bond donors (Lipinski definition) is 2. The van der Waals surface area contributed by atoms with Crippen LogP contribution in [0, 0.1) is 26.7 Å². The van der Waals surface area contributed by atoms with Crippen LogP contribution in [-0.2, 0) is 9.59 Å². The van der Waals surface area contributed by atoms with E-state index in [1.807, 2.05) is 75.7 Å². The molecule has 0 aliphatic carbocycles. The van der Waals surface area contributed by atoms with E-state index < -0.39 is 24.0 Å². The van der Waals surface area contributed by atoms with E-state index in [4.69, 9.17) is 0 Å². The van der Waals surface area contributed by atoms with Gasteiger partial charge in [-0.1, -0.05) is 32.0 Å². The highest BCUT2D eigenvalue weighted by molar-refractivity contribution is 5.84. The zero-order chi connectivity index (χ0) is 27.6. The molecule has 4 rings (SSSR count). The molecule has 2 atom stereocenters. The Morgan fingerprint density at radius 1 is 1.05 bits per heavy atom. The fraction of sp³-hybridized carbons (Fsp3) is 0.333. The molecule has 0 bridgehead atoms. The monoisotopic (exact) mass is 514 g/mol. The number of pyridine rings is 2. The molecule has 0 radical (unpaired) electrons. The van der Waals surface area contributed by atoms with Crippen molar-refractivity contribution < 1.29 is 14.7 Å². The van der Waals surface area contributed by atoms with Crippen molar-refractivity contribution in [3.63, 3.8) is 0 Å². The molecule has 0 aliphatic heterocycles. The van der Waals surface area contributed by atoms with Crippen molar-refractivity contribution in [3.05, 3.63) is 93.8 Å². The Morgan fingerprint density at radius 3 is 2.39 bits per heavy atom. The highest BCUT2D eigenvalue weighted by Crippen LogP contribution is 2.33. The van der Waals surface area contributed by atoms with Crippen LogP contribution < -0.4 is 10.9 Å². The third-order valence-corrected chi connectivity index (χ3v) is 6.79. The van der Waals surface area contributed by atoms with Gasteiger partial charge in [0.25, 0.3) is 5.56 Å². The van der Waals surface area contributed by atoms with Crippen molar-refractivity contribution in [2.24, 2.45) is 5.92 Å². The van der Waals surface area contributed by atoms with Gasteiger partial charge in [-0.3, -0.25) is 14.4 Å². The second kappa shape index (κ2) is 11.0. The van der Waals surface area contributed by atoms with Gasteiger partial charge in [0.1, 0.15) is 11.7 Å². The predicted molar refractivity (Wildman–Crippen MR) is 147 cm³/mol. The van der Waals surface area contributed by atoms with Gasteiger partial charge in [0.05, 0.1) is 12.5 Å². The second-order valence-corrected chi connectivity index (χ2v) is 10.4. The average Bonchev–Trinajstić information content (AvgIpc) is 3.31. The summed E-state index contributed by atoms with van der Waals surface area (Å²) in [4.78, 5) is 42.9. The van der Waals surface area contributed by atoms with E-state index in [0.717, 1.165) is 33.5 Å². The van der Waals surface area contributed by atoms with Gasteiger partial charge < -0.3 is 19.4 Å². The van der Waals surface area contributed by atoms with E-state index in [1.165, 1.54) is 10.6 Å². The number of aromatic nitrogens is 3. The maximum Gasteiger partial charge on any atom is 0.305 e. The number of hydrogen-bond acceptors (Lipinski definition) is 4. The van der Waals surface area contributed by atoms with Crippen molar-refractivity contribution in [1.29, 1.82) is 0 Å². The third kappa shape index (κ3) is 5.69. The van der Waals surface area contributed by atoms with Crippen molar-refractivity contribution in [2.75, 3.05) is 0 Å². The van der Waals surface area contributed by atoms with Crippen molar-refractivity contribution in [3.8, 4) is 11.1 Å². The topological polar surface area (TPSA) is 106 Å². The number of carbonyl (C=O) groups is 2. The van der Waals surface area contributed by atoms with Crippen molar-refractivity contribution in [1.82, 2.24) is 19.3 Å². The second-order valence-electron chi connectivity index (χ2n) is 10.4. The standard InChI is InChI=1S/C30H34N4O4/c1-18(2)13-25(34-11-9-19(3)14-26(34)35)30(38)32-24(16-27(36)37)22-15-23(29-31-10-12-33(29)17-22)28-20(4)7-6-8-21(28)5/h6-12,14-15,17-18,24-25H,13,16H2,1-5H3,(H,32,38)(H,36,37)/t24-,25-/m0/s1. The number of imidazole rings is 1. The van der Waals surface area contributed by atoms with Gasteiger partial charge in [-0.2, -0.15) is 0 Å². The lowest BCUT2D eigenvalue weighted by atomic mass is 9.93. The van der Waals surface area contributed by atoms with E-state index in [-0.39, 0.29) is 17.9 Å². The van der Waals surface area contributed by atoms with Crippen LogP contribution in [0.5, 0.6) is 0 Å². The quantitative estimate of drug-likeness (QED) is 0.327. The Labute approximate surface area is 222 Å². The van der Waals surface area contributed by atoms with Crippen molar-refractivity contribution in [2.45, 2.75) is 59.5 Å². The Kier molecular flexibility index (Phi) is 7.80. The van der Waals surface area contributed by atoms with Crippen LogP contribution in [0.25, 0.3) is 16.8 Å². The molecule has 3 heterocycles. The Morgan fingerprint density at radius 2 is 1.76 bits per heavy atom. The molecule has 38 heavy (non-hydrogen) atoms. The van der Waals surface area contributed by atoms with Crippen LogP contribution in [0.15, 0.2) is 66.0 Å². The Hall–Kier alpha value is -4.20. The maximum absolute atomic E-state index is 13.7. The summed E-state index contributed by atoms with van der Waals surface area (Å²) in [7, 11) is 0. The van der Waals surface area contributed by atoms with Crippen LogP contribution in [0.1, 0.15) is 61.0 Å². The molecule has 4 aromatic rings. The Bertz CT molecular complexity index is 1530. The number of carbonyl (C=O) groups excluding carboxylic acids is 1. The SMILES string of the molecule is Cc1ccn([C@@H](CC(C)C)C(=O)N[C@@H](CC(=O)O)c2cc(-c3c(C)cccc3C)c3nccn3c2)c(=O)c1. The summed E-state index contributed by atoms with van der Waals surface area (Å²) in [6, 6.07) is 9.68. The minimum atomic E-state index is -1.04. The van der Waals surface area contributed by atoms with E-state index >= 15 is 0 Å². The van der Waals surface area contributed by atoms with Gasteiger partial charge in [-0.15, -0.1) is 0 Å². The lowest BCUT2D eigenvalue weighted by Crippen LogP contribution is -2.40. The van der Waals surface area contributed by atoms with E-state index in [9.17, 15) is 19.5 Å². The van der Waals surface area contributed by atoms with E-state index in [0.29, 0.717) is 12.0 Å². The Balaban J connectivity index is 1.79. The van der Waals surface area contributed by atoms with Crippen LogP contribution in [-0.4, -0.2) is 30.9 Å². The summed E-state index contributed by atoms with van der Waals surface area (Å²) in [6.07, 6.45) is 7.07. The van der Waals surface area contributed by atoms with E-state index in [1.54, 1.807) is 18.5 Å². The number of amides is 1. The number of rotatable bonds is 9. The molecule has 0 saturated heterocycles. The lowest BCUT2D eigenvalue weighted by Gasteiger charge is -2.25. The molecule has 2 N–H and O–H groups in total. The summed E-state index contributed by atoms with van der Waals surface area (Å²) in [5.41, 5.74) is 5.96. The molecule has 0 unspecified atom stereocenters. The number of carboxylic acid groups (broad SMARTS) is 1. The number of benzene rings is 1. The smallest absolute Gasteiger partial charge is 0.305 e. The number of aliphatic carboxylic acids is 1. The molecule has 0 saturated carbocycles. The first-order chi connectivity index (χ1) is 18.0. The van der Waals surface area contributed by atoms with Crippen LogP contribution in [0.4, 0.5) is 0 Å². The van der Waals surface area contributed by atoms with Crippen molar-refractivity contribution >= 4 is 17.5 Å². The molecule has 3 aromatic heterocycles. The number of fused-ring (bicyclic) bond motifs is 1. The largest absolute Gasteiger partial charge is 0.481 e. The van der Waals surface area contributed by atoms with Gasteiger partial charge >= 0.3 is 5.97 Å². The molecular formula is C30H34N4O4. The summed E-state index contributed by atoms with van der Waals surface area (Å²) in [6.45, 7) is 9.85. The molecule has 0 aliphatic rings. The first-order valence-electron chi connectivity index (χ1n) is 12.8. The minimum absolute atomic E-state index is 0.134. The fourth-order valence-corrected chi connectivity index (χ4v) is 5.00. The number of carboxylic acids is 1. The lowest BCUT2D eigenvalue weighted by molar-refractivity contribution is -0.138. The van der Waals surface area contributed by atoms with Gasteiger partial charge in [-0.05, 0) is 73.1 Å². The van der Waals surface area contributed by atoms with E-state index in [2.05, 4.69) is 10.3 Å². The molecule has 198 valence electrons. The van der Waals surface area contributed by atoms with Crippen LogP contribution >= 0.6 is 0 Å². The maximum atomic E-state index is 13.7. The molecule has 1 amide bonds. The average molecular weight is 515 g/mol. The zero-order valence-electron chi connectivity index (χ0n) is 22.4. The molecule has 0 spiro atoms. The third-order valence-electron chi connectivity index (χ3n) is 6.79. The highest BCUT2D eigenvalue weighted by atomic mass is 16.4. The summed E-state index contributed by atoms with van der Waals surface area (Å²) in [5.74, 6) is -1.30.